The minimum atomic E-state index is -0.184. The van der Waals surface area contributed by atoms with Crippen molar-refractivity contribution >= 4 is 22.7 Å². The SMILES string of the molecule is COc1ccc(-c2nc(CSc3nc4ccccc4c(=O)n3-c3ccc(OC)c(OC)c3)c(C)o2)c(OC)c1. The van der Waals surface area contributed by atoms with Crippen molar-refractivity contribution in [2.45, 2.75) is 17.8 Å². The van der Waals surface area contributed by atoms with E-state index in [2.05, 4.69) is 0 Å². The van der Waals surface area contributed by atoms with Crippen LogP contribution >= 0.6 is 11.8 Å². The van der Waals surface area contributed by atoms with E-state index in [4.69, 9.17) is 33.3 Å². The smallest absolute Gasteiger partial charge is 0.266 e. The van der Waals surface area contributed by atoms with Crippen LogP contribution in [0, 0.1) is 6.92 Å². The standard InChI is InChI=1S/C29H27N3O6S/c1-17-23(30-27(38-17)21-12-11-19(34-2)15-25(21)36-4)16-39-29-31-22-9-7-6-8-20(22)28(33)32(29)18-10-13-24(35-3)26(14-18)37-5/h6-15H,16H2,1-5H3. The van der Waals surface area contributed by atoms with Gasteiger partial charge in [0.1, 0.15) is 17.3 Å². The van der Waals surface area contributed by atoms with Crippen molar-refractivity contribution in [3.63, 3.8) is 0 Å². The van der Waals surface area contributed by atoms with E-state index in [-0.39, 0.29) is 5.56 Å². The predicted molar refractivity (Wildman–Crippen MR) is 150 cm³/mol. The maximum Gasteiger partial charge on any atom is 0.266 e. The number of thioether (sulfide) groups is 1. The molecule has 200 valence electrons. The average molecular weight is 546 g/mol. The Morgan fingerprint density at radius 1 is 0.846 bits per heavy atom. The predicted octanol–water partition coefficient (Wildman–Crippen LogP) is 5.68. The highest BCUT2D eigenvalue weighted by Gasteiger charge is 2.19. The molecule has 3 aromatic carbocycles. The fourth-order valence-electron chi connectivity index (χ4n) is 4.19. The fraction of sp³-hybridized carbons (Fsp3) is 0.207. The zero-order chi connectivity index (χ0) is 27.5. The number of aromatic nitrogens is 3. The topological polar surface area (TPSA) is 97.8 Å². The number of aryl methyl sites for hydroxylation is 1. The molecule has 39 heavy (non-hydrogen) atoms. The summed E-state index contributed by atoms with van der Waals surface area (Å²) in [5.74, 6) is 3.86. The van der Waals surface area contributed by atoms with E-state index in [1.807, 2.05) is 37.3 Å². The van der Waals surface area contributed by atoms with E-state index in [9.17, 15) is 4.79 Å². The first kappa shape index (κ1) is 26.2. The molecule has 0 spiro atoms. The summed E-state index contributed by atoms with van der Waals surface area (Å²) in [7, 11) is 6.31. The summed E-state index contributed by atoms with van der Waals surface area (Å²) in [6.45, 7) is 1.86. The second kappa shape index (κ2) is 11.1. The Labute approximate surface area is 229 Å². The number of methoxy groups -OCH3 is 4. The molecule has 0 saturated heterocycles. The summed E-state index contributed by atoms with van der Waals surface area (Å²) in [6.07, 6.45) is 0. The highest BCUT2D eigenvalue weighted by molar-refractivity contribution is 7.98. The summed E-state index contributed by atoms with van der Waals surface area (Å²) >= 11 is 1.39. The first-order valence-electron chi connectivity index (χ1n) is 12.0. The second-order valence-electron chi connectivity index (χ2n) is 8.47. The van der Waals surface area contributed by atoms with E-state index in [1.165, 1.54) is 11.8 Å². The number of oxazole rings is 1. The Bertz CT molecular complexity index is 1710. The van der Waals surface area contributed by atoms with Crippen molar-refractivity contribution in [3.05, 3.63) is 82.5 Å². The Hall–Kier alpha value is -4.44. The zero-order valence-corrected chi connectivity index (χ0v) is 23.0. The molecule has 0 fully saturated rings. The number of hydrogen-bond acceptors (Lipinski definition) is 9. The zero-order valence-electron chi connectivity index (χ0n) is 22.2. The van der Waals surface area contributed by atoms with Crippen LogP contribution in [0.2, 0.25) is 0 Å². The number of para-hydroxylation sites is 1. The van der Waals surface area contributed by atoms with Crippen LogP contribution in [0.15, 0.2) is 75.0 Å². The van der Waals surface area contributed by atoms with Crippen LogP contribution in [-0.4, -0.2) is 43.0 Å². The maximum absolute atomic E-state index is 13.7. The summed E-state index contributed by atoms with van der Waals surface area (Å²) in [6, 6.07) is 18.1. The minimum Gasteiger partial charge on any atom is -0.497 e. The number of rotatable bonds is 9. The number of hydrogen-bond donors (Lipinski definition) is 0. The Morgan fingerprint density at radius 3 is 2.36 bits per heavy atom. The number of benzene rings is 3. The molecule has 2 heterocycles. The van der Waals surface area contributed by atoms with Gasteiger partial charge in [-0.2, -0.15) is 0 Å². The molecular weight excluding hydrogens is 518 g/mol. The van der Waals surface area contributed by atoms with Crippen molar-refractivity contribution < 1.29 is 23.4 Å². The molecule has 0 saturated carbocycles. The highest BCUT2D eigenvalue weighted by Crippen LogP contribution is 2.35. The largest absolute Gasteiger partial charge is 0.497 e. The quantitative estimate of drug-likeness (QED) is 0.171. The summed E-state index contributed by atoms with van der Waals surface area (Å²) in [5, 5.41) is 1.03. The van der Waals surface area contributed by atoms with E-state index in [1.54, 1.807) is 63.3 Å². The molecule has 0 atom stereocenters. The van der Waals surface area contributed by atoms with Crippen LogP contribution in [0.5, 0.6) is 23.0 Å². The van der Waals surface area contributed by atoms with Gasteiger partial charge in [-0.25, -0.2) is 9.97 Å². The Morgan fingerprint density at radius 2 is 1.62 bits per heavy atom. The van der Waals surface area contributed by atoms with Crippen LogP contribution in [0.4, 0.5) is 0 Å². The van der Waals surface area contributed by atoms with E-state index in [0.29, 0.717) is 67.7 Å². The lowest BCUT2D eigenvalue weighted by atomic mass is 10.2. The summed E-state index contributed by atoms with van der Waals surface area (Å²) in [5.41, 5.74) is 2.48. The second-order valence-corrected chi connectivity index (χ2v) is 9.41. The molecule has 2 aromatic heterocycles. The molecule has 0 amide bonds. The Kier molecular flexibility index (Phi) is 7.47. The maximum atomic E-state index is 13.7. The third-order valence-corrected chi connectivity index (χ3v) is 7.19. The lowest BCUT2D eigenvalue weighted by molar-refractivity contribution is 0.354. The van der Waals surface area contributed by atoms with Crippen molar-refractivity contribution in [2.75, 3.05) is 28.4 Å². The summed E-state index contributed by atoms with van der Waals surface area (Å²) in [4.78, 5) is 23.2. The van der Waals surface area contributed by atoms with E-state index < -0.39 is 0 Å². The highest BCUT2D eigenvalue weighted by atomic mass is 32.2. The molecule has 5 rings (SSSR count). The molecule has 0 aliphatic carbocycles. The van der Waals surface area contributed by atoms with Crippen molar-refractivity contribution in [2.24, 2.45) is 0 Å². The molecule has 0 radical (unpaired) electrons. The Balaban J connectivity index is 1.54. The van der Waals surface area contributed by atoms with Gasteiger partial charge in [-0.15, -0.1) is 0 Å². The van der Waals surface area contributed by atoms with Crippen LogP contribution in [0.3, 0.4) is 0 Å². The molecule has 0 bridgehead atoms. The lowest BCUT2D eigenvalue weighted by Crippen LogP contribution is -2.21. The van der Waals surface area contributed by atoms with Gasteiger partial charge in [0.15, 0.2) is 16.7 Å². The van der Waals surface area contributed by atoms with Gasteiger partial charge in [0.05, 0.1) is 56.3 Å². The van der Waals surface area contributed by atoms with Gasteiger partial charge in [0.2, 0.25) is 5.89 Å². The minimum absolute atomic E-state index is 0.184. The third-order valence-electron chi connectivity index (χ3n) is 6.24. The van der Waals surface area contributed by atoms with Gasteiger partial charge in [0, 0.05) is 17.9 Å². The van der Waals surface area contributed by atoms with Gasteiger partial charge >= 0.3 is 0 Å². The van der Waals surface area contributed by atoms with Crippen molar-refractivity contribution in [1.29, 1.82) is 0 Å². The molecule has 0 aliphatic heterocycles. The normalized spacial score (nSPS) is 11.0. The van der Waals surface area contributed by atoms with Gasteiger partial charge in [-0.05, 0) is 43.3 Å². The van der Waals surface area contributed by atoms with Gasteiger partial charge < -0.3 is 23.4 Å². The first-order valence-corrected chi connectivity index (χ1v) is 13.0. The van der Waals surface area contributed by atoms with Crippen LogP contribution < -0.4 is 24.5 Å². The van der Waals surface area contributed by atoms with Gasteiger partial charge in [-0.1, -0.05) is 23.9 Å². The van der Waals surface area contributed by atoms with Crippen LogP contribution in [-0.2, 0) is 5.75 Å². The van der Waals surface area contributed by atoms with Crippen molar-refractivity contribution in [3.8, 4) is 40.1 Å². The molecule has 5 aromatic rings. The number of ether oxygens (including phenoxy) is 4. The molecule has 0 N–H and O–H groups in total. The van der Waals surface area contributed by atoms with Gasteiger partial charge in [0.25, 0.3) is 5.56 Å². The average Bonchev–Trinajstić information content (AvgIpc) is 3.35. The van der Waals surface area contributed by atoms with Crippen LogP contribution in [0.25, 0.3) is 28.0 Å². The fourth-order valence-corrected chi connectivity index (χ4v) is 5.20. The van der Waals surface area contributed by atoms with Crippen molar-refractivity contribution in [1.82, 2.24) is 14.5 Å². The number of nitrogens with zero attached hydrogens (tertiary/aromatic N) is 3. The summed E-state index contributed by atoms with van der Waals surface area (Å²) < 4.78 is 29.3. The van der Waals surface area contributed by atoms with E-state index >= 15 is 0 Å². The van der Waals surface area contributed by atoms with Gasteiger partial charge in [-0.3, -0.25) is 9.36 Å². The molecular formula is C29H27N3O6S. The molecule has 10 heteroatoms. The molecule has 9 nitrogen and oxygen atoms in total. The third kappa shape index (κ3) is 5.03. The number of fused-ring (bicyclic) bond motifs is 1. The van der Waals surface area contributed by atoms with Crippen LogP contribution in [0.1, 0.15) is 11.5 Å². The first-order chi connectivity index (χ1) is 19.0. The lowest BCUT2D eigenvalue weighted by Gasteiger charge is -2.15. The van der Waals surface area contributed by atoms with E-state index in [0.717, 1.165) is 5.69 Å². The molecule has 0 unspecified atom stereocenters. The monoisotopic (exact) mass is 545 g/mol. The molecule has 0 aliphatic rings.